The van der Waals surface area contributed by atoms with Gasteiger partial charge in [-0.15, -0.1) is 0 Å². The Morgan fingerprint density at radius 1 is 0.292 bits per heavy atom. The van der Waals surface area contributed by atoms with Gasteiger partial charge in [-0.2, -0.15) is 0 Å². The minimum Gasteiger partial charge on any atom is -0.310 e. The van der Waals surface area contributed by atoms with E-state index in [0.29, 0.717) is 0 Å². The molecule has 1 heteroatoms. The summed E-state index contributed by atoms with van der Waals surface area (Å²) in [5.74, 6) is 0. The first kappa shape index (κ1) is 38.9. The normalized spacial score (nSPS) is 13.8. The molecule has 0 heterocycles. The van der Waals surface area contributed by atoms with Crippen molar-refractivity contribution in [3.8, 4) is 66.8 Å². The van der Waals surface area contributed by atoms with Gasteiger partial charge < -0.3 is 4.90 Å². The average molecular weight is 832 g/mol. The number of anilines is 3. The van der Waals surface area contributed by atoms with Crippen LogP contribution in [0.25, 0.3) is 77.5 Å². The van der Waals surface area contributed by atoms with E-state index in [4.69, 9.17) is 0 Å². The van der Waals surface area contributed by atoms with Crippen molar-refractivity contribution in [2.45, 2.75) is 38.5 Å². The Hall–Kier alpha value is -7.74. The molecule has 65 heavy (non-hydrogen) atoms. The summed E-state index contributed by atoms with van der Waals surface area (Å²) >= 11 is 0. The van der Waals surface area contributed by atoms with Crippen molar-refractivity contribution in [3.05, 3.63) is 247 Å². The average Bonchev–Trinajstić information content (AvgIpc) is 3.74. The molecule has 0 saturated heterocycles. The lowest BCUT2D eigenvalue weighted by molar-refractivity contribution is 0.660. The fraction of sp³-hybridized carbons (Fsp3) is 0.0938. The first-order valence-electron chi connectivity index (χ1n) is 22.9. The molecule has 0 atom stereocenters. The second-order valence-corrected chi connectivity index (χ2v) is 18.8. The maximum atomic E-state index is 2.48. The van der Waals surface area contributed by atoms with Crippen LogP contribution in [0.3, 0.4) is 0 Å². The highest BCUT2D eigenvalue weighted by atomic mass is 15.1. The fourth-order valence-electron chi connectivity index (χ4n) is 11.4. The third-order valence-electron chi connectivity index (χ3n) is 14.5. The van der Waals surface area contributed by atoms with Gasteiger partial charge >= 0.3 is 0 Å². The number of para-hydroxylation sites is 1. The summed E-state index contributed by atoms with van der Waals surface area (Å²) in [5, 5.41) is 2.48. The largest absolute Gasteiger partial charge is 0.310 e. The SMILES string of the molecule is CC1(C)c2ccccc2-c2ccc(N(c3ccc(-c4ccccc4-c4cccc5c4C(C)(C)c4ccccc4-5)cc3)c3ccccc3-c3cccc4cccc(-c5ccccc5)c34)cc21. The van der Waals surface area contributed by atoms with Crippen LogP contribution < -0.4 is 4.90 Å². The molecular formula is C64H49N. The fourth-order valence-corrected chi connectivity index (χ4v) is 11.4. The van der Waals surface area contributed by atoms with Crippen LogP contribution in [0.4, 0.5) is 17.1 Å². The molecule has 310 valence electrons. The lowest BCUT2D eigenvalue weighted by Gasteiger charge is -2.30. The molecule has 0 fully saturated rings. The lowest BCUT2D eigenvalue weighted by atomic mass is 9.78. The third kappa shape index (κ3) is 6.06. The summed E-state index contributed by atoms with van der Waals surface area (Å²) in [6.07, 6.45) is 0. The predicted molar refractivity (Wildman–Crippen MR) is 276 cm³/mol. The molecule has 12 rings (SSSR count). The van der Waals surface area contributed by atoms with E-state index >= 15 is 0 Å². The molecule has 0 aliphatic heterocycles. The molecule has 0 spiro atoms. The molecule has 1 nitrogen and oxygen atoms in total. The smallest absolute Gasteiger partial charge is 0.0540 e. The summed E-state index contributed by atoms with van der Waals surface area (Å²) < 4.78 is 0. The Morgan fingerprint density at radius 3 is 1.49 bits per heavy atom. The van der Waals surface area contributed by atoms with Crippen molar-refractivity contribution in [2.75, 3.05) is 4.90 Å². The molecular weight excluding hydrogens is 783 g/mol. The molecule has 10 aromatic rings. The molecule has 2 aliphatic carbocycles. The molecule has 0 bridgehead atoms. The first-order valence-corrected chi connectivity index (χ1v) is 22.9. The van der Waals surface area contributed by atoms with Crippen LogP contribution in [0.5, 0.6) is 0 Å². The Kier molecular flexibility index (Phi) is 8.94. The highest BCUT2D eigenvalue weighted by Crippen LogP contribution is 2.54. The van der Waals surface area contributed by atoms with Gasteiger partial charge in [0.15, 0.2) is 0 Å². The van der Waals surface area contributed by atoms with Crippen LogP contribution in [-0.4, -0.2) is 0 Å². The van der Waals surface area contributed by atoms with Crippen LogP contribution in [-0.2, 0) is 10.8 Å². The van der Waals surface area contributed by atoms with Gasteiger partial charge in [-0.3, -0.25) is 0 Å². The van der Waals surface area contributed by atoms with E-state index in [-0.39, 0.29) is 10.8 Å². The number of fused-ring (bicyclic) bond motifs is 7. The van der Waals surface area contributed by atoms with Crippen LogP contribution in [0.2, 0.25) is 0 Å². The van der Waals surface area contributed by atoms with E-state index in [1.54, 1.807) is 0 Å². The second-order valence-electron chi connectivity index (χ2n) is 18.8. The first-order chi connectivity index (χ1) is 31.8. The van der Waals surface area contributed by atoms with Crippen LogP contribution in [0.1, 0.15) is 49.9 Å². The van der Waals surface area contributed by atoms with E-state index in [1.165, 1.54) is 99.8 Å². The molecule has 0 radical (unpaired) electrons. The van der Waals surface area contributed by atoms with Gasteiger partial charge in [-0.05, 0) is 125 Å². The van der Waals surface area contributed by atoms with Crippen molar-refractivity contribution >= 4 is 27.8 Å². The van der Waals surface area contributed by atoms with Gasteiger partial charge in [0.1, 0.15) is 0 Å². The van der Waals surface area contributed by atoms with Gasteiger partial charge in [-0.25, -0.2) is 0 Å². The Bertz CT molecular complexity index is 3470. The number of hydrogen-bond donors (Lipinski definition) is 0. The maximum Gasteiger partial charge on any atom is 0.0540 e. The van der Waals surface area contributed by atoms with Crippen molar-refractivity contribution in [1.29, 1.82) is 0 Å². The minimum absolute atomic E-state index is 0.120. The third-order valence-corrected chi connectivity index (χ3v) is 14.5. The van der Waals surface area contributed by atoms with Crippen molar-refractivity contribution < 1.29 is 0 Å². The molecule has 0 aromatic heterocycles. The molecule has 0 saturated carbocycles. The quantitative estimate of drug-likeness (QED) is 0.155. The Morgan fingerprint density at radius 2 is 0.769 bits per heavy atom. The zero-order valence-electron chi connectivity index (χ0n) is 37.3. The van der Waals surface area contributed by atoms with Crippen molar-refractivity contribution in [2.24, 2.45) is 0 Å². The second kappa shape index (κ2) is 14.9. The van der Waals surface area contributed by atoms with Crippen LogP contribution in [0, 0.1) is 0 Å². The lowest BCUT2D eigenvalue weighted by Crippen LogP contribution is -2.17. The molecule has 2 aliphatic rings. The molecule has 0 unspecified atom stereocenters. The summed E-state index contributed by atoms with van der Waals surface area (Å²) in [5.41, 5.74) is 23.8. The van der Waals surface area contributed by atoms with E-state index in [2.05, 4.69) is 257 Å². The van der Waals surface area contributed by atoms with Gasteiger partial charge in [0.05, 0.1) is 5.69 Å². The van der Waals surface area contributed by atoms with Crippen molar-refractivity contribution in [3.63, 3.8) is 0 Å². The standard InChI is InChI=1S/C64H49N/c1-63(2)57-32-13-10-25-50(57)52-40-39-46(41-59(52)63)65(60-34-15-12-27-53(60)54-29-17-22-44-21-16-28-48(61(44)54)42-19-6-5-7-20-42)45-37-35-43(36-38-45)47-23-8-9-24-49(47)55-30-18-31-56-51-26-11-14-33-58(51)64(3,4)62(55)56/h5-41H,1-4H3. The Labute approximate surface area is 383 Å². The zero-order chi connectivity index (χ0) is 43.9. The predicted octanol–water partition coefficient (Wildman–Crippen LogP) is 17.6. The van der Waals surface area contributed by atoms with Crippen LogP contribution in [0.15, 0.2) is 224 Å². The summed E-state index contributed by atoms with van der Waals surface area (Å²) in [4.78, 5) is 2.48. The topological polar surface area (TPSA) is 3.24 Å². The number of benzene rings is 10. The molecule has 0 amide bonds. The van der Waals surface area contributed by atoms with Gasteiger partial charge in [0, 0.05) is 27.8 Å². The number of rotatable bonds is 7. The highest BCUT2D eigenvalue weighted by molar-refractivity contribution is 6.09. The molecule has 10 aromatic carbocycles. The number of nitrogens with zero attached hydrogens (tertiary/aromatic N) is 1. The minimum atomic E-state index is -0.144. The number of hydrogen-bond acceptors (Lipinski definition) is 1. The monoisotopic (exact) mass is 831 g/mol. The highest BCUT2D eigenvalue weighted by Gasteiger charge is 2.38. The van der Waals surface area contributed by atoms with E-state index in [9.17, 15) is 0 Å². The van der Waals surface area contributed by atoms with Gasteiger partial charge in [0.2, 0.25) is 0 Å². The summed E-state index contributed by atoms with van der Waals surface area (Å²) in [7, 11) is 0. The van der Waals surface area contributed by atoms with E-state index in [1.807, 2.05) is 0 Å². The van der Waals surface area contributed by atoms with E-state index in [0.717, 1.165) is 17.1 Å². The zero-order valence-corrected chi connectivity index (χ0v) is 37.3. The van der Waals surface area contributed by atoms with E-state index < -0.39 is 0 Å². The molecule has 0 N–H and O–H groups in total. The summed E-state index contributed by atoms with van der Waals surface area (Å²) in [6, 6.07) is 83.3. The summed E-state index contributed by atoms with van der Waals surface area (Å²) in [6.45, 7) is 9.50. The van der Waals surface area contributed by atoms with Crippen molar-refractivity contribution in [1.82, 2.24) is 0 Å². The van der Waals surface area contributed by atoms with Gasteiger partial charge in [-0.1, -0.05) is 222 Å². The maximum absolute atomic E-state index is 2.48. The Balaban J connectivity index is 1.03. The van der Waals surface area contributed by atoms with Crippen LogP contribution >= 0.6 is 0 Å². The van der Waals surface area contributed by atoms with Gasteiger partial charge in [0.25, 0.3) is 0 Å².